The highest BCUT2D eigenvalue weighted by Crippen LogP contribution is 2.36. The molecule has 3 rings (SSSR count). The van der Waals surface area contributed by atoms with Gasteiger partial charge in [0.1, 0.15) is 0 Å². The van der Waals surface area contributed by atoms with E-state index in [-0.39, 0.29) is 5.91 Å². The summed E-state index contributed by atoms with van der Waals surface area (Å²) in [5, 5.41) is 0.450. The smallest absolute Gasteiger partial charge is 0.246 e. The molecule has 0 N–H and O–H groups in total. The van der Waals surface area contributed by atoms with E-state index < -0.39 is 0 Å². The maximum Gasteiger partial charge on any atom is 0.246 e. The van der Waals surface area contributed by atoms with Gasteiger partial charge in [0.2, 0.25) is 5.91 Å². The van der Waals surface area contributed by atoms with Gasteiger partial charge in [0, 0.05) is 50.3 Å². The molecular formula is C21H24ClN3O3. The topological polar surface area (TPSA) is 54.9 Å². The van der Waals surface area contributed by atoms with Crippen LogP contribution in [0.5, 0.6) is 11.5 Å². The van der Waals surface area contributed by atoms with Crippen molar-refractivity contribution in [2.75, 3.05) is 44.8 Å². The molecule has 1 aliphatic rings. The van der Waals surface area contributed by atoms with Crippen LogP contribution >= 0.6 is 11.6 Å². The molecule has 1 aromatic carbocycles. The lowest BCUT2D eigenvalue weighted by Crippen LogP contribution is -2.48. The van der Waals surface area contributed by atoms with Gasteiger partial charge in [-0.25, -0.2) is 0 Å². The summed E-state index contributed by atoms with van der Waals surface area (Å²) >= 11 is 6.26. The molecular weight excluding hydrogens is 378 g/mol. The number of hydrogen-bond donors (Lipinski definition) is 0. The fourth-order valence-electron chi connectivity index (χ4n) is 3.16. The SMILES string of the molecule is CCOc1cc(/C=C/C(=O)N2CCN(c3ccncc3)CC2)cc(Cl)c1OC. The predicted octanol–water partition coefficient (Wildman–Crippen LogP) is 3.50. The number of ether oxygens (including phenoxy) is 2. The van der Waals surface area contributed by atoms with E-state index in [4.69, 9.17) is 21.1 Å². The molecule has 0 radical (unpaired) electrons. The van der Waals surface area contributed by atoms with Gasteiger partial charge < -0.3 is 19.3 Å². The van der Waals surface area contributed by atoms with Crippen LogP contribution in [0.15, 0.2) is 42.7 Å². The molecule has 28 heavy (non-hydrogen) atoms. The van der Waals surface area contributed by atoms with Crippen molar-refractivity contribution >= 4 is 29.3 Å². The highest BCUT2D eigenvalue weighted by atomic mass is 35.5. The number of carbonyl (C=O) groups is 1. The number of carbonyl (C=O) groups excluding carboxylic acids is 1. The fourth-order valence-corrected chi connectivity index (χ4v) is 3.45. The number of hydrogen-bond acceptors (Lipinski definition) is 5. The molecule has 2 aromatic rings. The van der Waals surface area contributed by atoms with Crippen molar-refractivity contribution in [2.24, 2.45) is 0 Å². The molecule has 0 atom stereocenters. The number of anilines is 1. The van der Waals surface area contributed by atoms with Gasteiger partial charge in [0.05, 0.1) is 18.7 Å². The lowest BCUT2D eigenvalue weighted by Gasteiger charge is -2.35. The first-order valence-electron chi connectivity index (χ1n) is 9.24. The zero-order valence-electron chi connectivity index (χ0n) is 16.1. The Morgan fingerprint density at radius 1 is 1.21 bits per heavy atom. The van der Waals surface area contributed by atoms with Crippen molar-refractivity contribution in [3.8, 4) is 11.5 Å². The van der Waals surface area contributed by atoms with E-state index in [0.29, 0.717) is 36.2 Å². The molecule has 2 heterocycles. The summed E-state index contributed by atoms with van der Waals surface area (Å²) in [6.45, 7) is 5.35. The molecule has 0 spiro atoms. The number of halogens is 1. The predicted molar refractivity (Wildman–Crippen MR) is 111 cm³/mol. The lowest BCUT2D eigenvalue weighted by molar-refractivity contribution is -0.126. The number of amides is 1. The van der Waals surface area contributed by atoms with E-state index >= 15 is 0 Å². The first-order valence-corrected chi connectivity index (χ1v) is 9.62. The average Bonchev–Trinajstić information content (AvgIpc) is 2.73. The Morgan fingerprint density at radius 2 is 1.93 bits per heavy atom. The van der Waals surface area contributed by atoms with E-state index in [1.165, 1.54) is 0 Å². The lowest BCUT2D eigenvalue weighted by atomic mass is 10.1. The summed E-state index contributed by atoms with van der Waals surface area (Å²) in [5.41, 5.74) is 1.92. The molecule has 1 saturated heterocycles. The van der Waals surface area contributed by atoms with Crippen LogP contribution in [0.2, 0.25) is 5.02 Å². The Labute approximate surface area is 170 Å². The van der Waals surface area contributed by atoms with Crippen LogP contribution in [0.4, 0.5) is 5.69 Å². The highest BCUT2D eigenvalue weighted by Gasteiger charge is 2.20. The van der Waals surface area contributed by atoms with Gasteiger partial charge in [-0.15, -0.1) is 0 Å². The van der Waals surface area contributed by atoms with Crippen molar-refractivity contribution < 1.29 is 14.3 Å². The number of piperazine rings is 1. The first-order chi connectivity index (χ1) is 13.6. The summed E-state index contributed by atoms with van der Waals surface area (Å²) in [6, 6.07) is 7.55. The minimum absolute atomic E-state index is 0.0146. The average molecular weight is 402 g/mol. The van der Waals surface area contributed by atoms with Gasteiger partial charge in [0.25, 0.3) is 0 Å². The van der Waals surface area contributed by atoms with Crippen molar-refractivity contribution in [3.05, 3.63) is 53.3 Å². The number of nitrogens with zero attached hydrogens (tertiary/aromatic N) is 3. The summed E-state index contributed by atoms with van der Waals surface area (Å²) < 4.78 is 10.9. The Balaban J connectivity index is 1.63. The second-order valence-electron chi connectivity index (χ2n) is 6.32. The molecule has 0 saturated carbocycles. The van der Waals surface area contributed by atoms with Gasteiger partial charge in [0.15, 0.2) is 11.5 Å². The van der Waals surface area contributed by atoms with Gasteiger partial charge >= 0.3 is 0 Å². The second kappa shape index (κ2) is 9.46. The molecule has 1 aliphatic heterocycles. The van der Waals surface area contributed by atoms with Gasteiger partial charge in [-0.2, -0.15) is 0 Å². The molecule has 148 valence electrons. The zero-order chi connectivity index (χ0) is 19.9. The largest absolute Gasteiger partial charge is 0.491 e. The van der Waals surface area contributed by atoms with Crippen LogP contribution < -0.4 is 14.4 Å². The number of rotatable bonds is 6. The molecule has 1 fully saturated rings. The standard InChI is InChI=1S/C21H24ClN3O3/c1-3-28-19-15-16(14-18(22)21(19)27-2)4-5-20(26)25-12-10-24(11-13-25)17-6-8-23-9-7-17/h4-9,14-15H,3,10-13H2,1-2H3/b5-4+. The van der Waals surface area contributed by atoms with Crippen LogP contribution in [-0.2, 0) is 4.79 Å². The van der Waals surface area contributed by atoms with Crippen LogP contribution in [0, 0.1) is 0 Å². The maximum atomic E-state index is 12.6. The quantitative estimate of drug-likeness (QED) is 0.693. The Morgan fingerprint density at radius 3 is 2.57 bits per heavy atom. The molecule has 0 unspecified atom stereocenters. The highest BCUT2D eigenvalue weighted by molar-refractivity contribution is 6.32. The van der Waals surface area contributed by atoms with Crippen molar-refractivity contribution in [3.63, 3.8) is 0 Å². The van der Waals surface area contributed by atoms with Crippen LogP contribution in [0.1, 0.15) is 12.5 Å². The van der Waals surface area contributed by atoms with E-state index in [9.17, 15) is 4.79 Å². The van der Waals surface area contributed by atoms with E-state index in [1.54, 1.807) is 37.7 Å². The summed E-state index contributed by atoms with van der Waals surface area (Å²) in [6.07, 6.45) is 6.90. The number of aromatic nitrogens is 1. The van der Waals surface area contributed by atoms with Crippen LogP contribution in [0.25, 0.3) is 6.08 Å². The van der Waals surface area contributed by atoms with Crippen LogP contribution in [-0.4, -0.2) is 55.7 Å². The molecule has 6 nitrogen and oxygen atoms in total. The molecule has 1 amide bonds. The number of pyridine rings is 1. The molecule has 7 heteroatoms. The first kappa shape index (κ1) is 20.0. The third-order valence-electron chi connectivity index (χ3n) is 4.57. The fraction of sp³-hybridized carbons (Fsp3) is 0.333. The van der Waals surface area contributed by atoms with Gasteiger partial charge in [-0.3, -0.25) is 9.78 Å². The van der Waals surface area contributed by atoms with Gasteiger partial charge in [-0.05, 0) is 42.8 Å². The second-order valence-corrected chi connectivity index (χ2v) is 6.73. The minimum atomic E-state index is -0.0146. The summed E-state index contributed by atoms with van der Waals surface area (Å²) in [5.74, 6) is 1.05. The van der Waals surface area contributed by atoms with E-state index in [2.05, 4.69) is 9.88 Å². The minimum Gasteiger partial charge on any atom is -0.491 e. The van der Waals surface area contributed by atoms with Crippen molar-refractivity contribution in [1.29, 1.82) is 0 Å². The Hall–Kier alpha value is -2.73. The van der Waals surface area contributed by atoms with Gasteiger partial charge in [-0.1, -0.05) is 11.6 Å². The van der Waals surface area contributed by atoms with Crippen molar-refractivity contribution in [1.82, 2.24) is 9.88 Å². The van der Waals surface area contributed by atoms with Crippen LogP contribution in [0.3, 0.4) is 0 Å². The number of benzene rings is 1. The third kappa shape index (κ3) is 4.75. The Kier molecular flexibility index (Phi) is 6.76. The zero-order valence-corrected chi connectivity index (χ0v) is 16.9. The summed E-state index contributed by atoms with van der Waals surface area (Å²) in [7, 11) is 1.55. The molecule has 0 aliphatic carbocycles. The van der Waals surface area contributed by atoms with E-state index in [1.807, 2.05) is 30.0 Å². The van der Waals surface area contributed by atoms with E-state index in [0.717, 1.165) is 24.3 Å². The molecule has 1 aromatic heterocycles. The molecule has 0 bridgehead atoms. The third-order valence-corrected chi connectivity index (χ3v) is 4.85. The number of methoxy groups -OCH3 is 1. The summed E-state index contributed by atoms with van der Waals surface area (Å²) in [4.78, 5) is 20.7. The monoisotopic (exact) mass is 401 g/mol. The normalized spacial score (nSPS) is 14.4. The Bertz CT molecular complexity index is 834. The van der Waals surface area contributed by atoms with Crippen molar-refractivity contribution in [2.45, 2.75) is 6.92 Å². The maximum absolute atomic E-state index is 12.6.